The fourth-order valence-electron chi connectivity index (χ4n) is 3.96. The topological polar surface area (TPSA) is 40.5 Å². The molecule has 0 aliphatic carbocycles. The molecule has 2 nitrogen and oxygen atoms in total. The molecular weight excluding hydrogens is 423 g/mol. The van der Waals surface area contributed by atoms with Crippen molar-refractivity contribution >= 4 is 15.0 Å². The molecule has 2 rings (SSSR count). The van der Waals surface area contributed by atoms with Crippen molar-refractivity contribution in [2.75, 3.05) is 0 Å². The molecule has 2 unspecified atom stereocenters. The van der Waals surface area contributed by atoms with Crippen LogP contribution in [0.1, 0.15) is 88.2 Å². The number of aromatic hydroxyl groups is 2. The first-order valence-corrected chi connectivity index (χ1v) is 13.7. The Bertz CT molecular complexity index is 641. The molecule has 2 atom stereocenters. The fraction of sp³-hybridized carbons (Fsp3) is 0.538. The second kappa shape index (κ2) is 13.7. The summed E-state index contributed by atoms with van der Waals surface area (Å²) in [6, 6.07) is 15.8. The molecule has 160 valence electrons. The number of benzene rings is 2. The Morgan fingerprint density at radius 3 is 1.45 bits per heavy atom. The van der Waals surface area contributed by atoms with Gasteiger partial charge < -0.3 is 0 Å². The molecule has 29 heavy (non-hydrogen) atoms. The van der Waals surface area contributed by atoms with Gasteiger partial charge in [-0.3, -0.25) is 0 Å². The van der Waals surface area contributed by atoms with E-state index in [1.807, 2.05) is 36.4 Å². The van der Waals surface area contributed by atoms with Crippen molar-refractivity contribution in [2.45, 2.75) is 87.7 Å². The van der Waals surface area contributed by atoms with Crippen molar-refractivity contribution < 1.29 is 10.2 Å². The molecule has 0 spiro atoms. The Hall–Kier alpha value is -1.44. The second-order valence-electron chi connectivity index (χ2n) is 8.04. The first-order valence-electron chi connectivity index (χ1n) is 11.3. The monoisotopic (exact) mass is 462 g/mol. The normalized spacial score (nSPS) is 13.3. The van der Waals surface area contributed by atoms with E-state index in [0.29, 0.717) is 38.3 Å². The first kappa shape index (κ1) is 23.8. The van der Waals surface area contributed by atoms with Crippen LogP contribution < -0.4 is 0 Å². The van der Waals surface area contributed by atoms with Crippen LogP contribution in [0.15, 0.2) is 48.5 Å². The number of hydrogen-bond donors (Lipinski definition) is 2. The van der Waals surface area contributed by atoms with Gasteiger partial charge in [0, 0.05) is 0 Å². The zero-order valence-corrected chi connectivity index (χ0v) is 19.9. The van der Waals surface area contributed by atoms with Gasteiger partial charge in [0.25, 0.3) is 0 Å². The van der Waals surface area contributed by atoms with Crippen LogP contribution in [-0.2, 0) is 0 Å². The Kier molecular flexibility index (Phi) is 11.3. The maximum atomic E-state index is 10.4. The van der Waals surface area contributed by atoms with Crippen molar-refractivity contribution in [2.24, 2.45) is 0 Å². The summed E-state index contributed by atoms with van der Waals surface area (Å²) in [6.07, 6.45) is 9.74. The number of hydrogen-bond acceptors (Lipinski definition) is 2. The Morgan fingerprint density at radius 1 is 0.655 bits per heavy atom. The molecule has 0 bridgehead atoms. The average molecular weight is 462 g/mol. The molecule has 0 aliphatic rings. The van der Waals surface area contributed by atoms with Gasteiger partial charge in [0.05, 0.1) is 0 Å². The van der Waals surface area contributed by atoms with Crippen molar-refractivity contribution in [1.29, 1.82) is 0 Å². The van der Waals surface area contributed by atoms with E-state index in [4.69, 9.17) is 0 Å². The van der Waals surface area contributed by atoms with E-state index in [-0.39, 0.29) is 0 Å². The van der Waals surface area contributed by atoms with Gasteiger partial charge in [-0.2, -0.15) is 0 Å². The van der Waals surface area contributed by atoms with Crippen LogP contribution >= 0.6 is 0 Å². The molecule has 0 saturated carbocycles. The Balaban J connectivity index is 2.03. The van der Waals surface area contributed by atoms with Crippen LogP contribution in [0.4, 0.5) is 0 Å². The van der Waals surface area contributed by atoms with E-state index in [1.165, 1.54) is 38.5 Å². The third-order valence-corrected chi connectivity index (χ3v) is 8.38. The summed E-state index contributed by atoms with van der Waals surface area (Å²) in [7, 11) is 0. The van der Waals surface area contributed by atoms with E-state index in [9.17, 15) is 10.2 Å². The zero-order chi connectivity index (χ0) is 20.9. The predicted molar refractivity (Wildman–Crippen MR) is 125 cm³/mol. The van der Waals surface area contributed by atoms with E-state index in [0.717, 1.165) is 34.6 Å². The number of unbranched alkanes of at least 4 members (excludes halogenated alkanes) is 4. The second-order valence-corrected chi connectivity index (χ2v) is 10.3. The average Bonchev–Trinajstić information content (AvgIpc) is 2.73. The first-order chi connectivity index (χ1) is 14.2. The van der Waals surface area contributed by atoms with Gasteiger partial charge >= 0.3 is 184 Å². The molecule has 2 N–H and O–H groups in total. The summed E-state index contributed by atoms with van der Waals surface area (Å²) >= 11 is 0.484. The molecule has 0 fully saturated rings. The molecular formula is C26H38O2Se. The number of phenols is 2. The Labute approximate surface area is 183 Å². The molecule has 0 saturated heterocycles. The van der Waals surface area contributed by atoms with E-state index < -0.39 is 0 Å². The SMILES string of the molecule is CCCCCC(C[Se]CC(CCCCC)c1ccccc1O)c1ccccc1O. The van der Waals surface area contributed by atoms with Crippen LogP contribution in [-0.4, -0.2) is 25.2 Å². The molecule has 0 amide bonds. The minimum absolute atomic E-state index is 0.448. The van der Waals surface area contributed by atoms with Crippen LogP contribution in [0.3, 0.4) is 0 Å². The molecule has 0 aromatic heterocycles. The van der Waals surface area contributed by atoms with Gasteiger partial charge in [-0.05, 0) is 0 Å². The molecule has 2 aromatic carbocycles. The summed E-state index contributed by atoms with van der Waals surface area (Å²) in [5.74, 6) is 1.79. The van der Waals surface area contributed by atoms with Crippen LogP contribution in [0.2, 0.25) is 10.6 Å². The van der Waals surface area contributed by atoms with Gasteiger partial charge in [0.15, 0.2) is 0 Å². The van der Waals surface area contributed by atoms with Crippen LogP contribution in [0.5, 0.6) is 11.5 Å². The standard InChI is InChI=1S/C26H38O2Se/c1-3-5-7-13-21(23-15-9-11-17-25(23)27)19-29-20-22(14-8-6-4-2)24-16-10-12-18-26(24)28/h9-12,15-18,21-22,27-28H,3-8,13-14,19-20H2,1-2H3. The van der Waals surface area contributed by atoms with Crippen molar-refractivity contribution in [3.63, 3.8) is 0 Å². The number of para-hydroxylation sites is 2. The fourth-order valence-corrected chi connectivity index (χ4v) is 6.89. The van der Waals surface area contributed by atoms with E-state index in [2.05, 4.69) is 26.0 Å². The van der Waals surface area contributed by atoms with E-state index >= 15 is 0 Å². The van der Waals surface area contributed by atoms with Crippen LogP contribution in [0, 0.1) is 0 Å². The predicted octanol–water partition coefficient (Wildman–Crippen LogP) is 7.67. The quantitative estimate of drug-likeness (QED) is 0.224. The summed E-state index contributed by atoms with van der Waals surface area (Å²) in [5.41, 5.74) is 2.24. The van der Waals surface area contributed by atoms with Gasteiger partial charge in [-0.1, -0.05) is 0 Å². The van der Waals surface area contributed by atoms with Gasteiger partial charge in [-0.15, -0.1) is 0 Å². The molecule has 0 aliphatic heterocycles. The van der Waals surface area contributed by atoms with Gasteiger partial charge in [0.1, 0.15) is 0 Å². The summed E-state index contributed by atoms with van der Waals surface area (Å²) in [4.78, 5) is 0. The summed E-state index contributed by atoms with van der Waals surface area (Å²) < 4.78 is 0. The molecule has 3 heteroatoms. The summed E-state index contributed by atoms with van der Waals surface area (Å²) in [6.45, 7) is 4.48. The van der Waals surface area contributed by atoms with Crippen molar-refractivity contribution in [3.05, 3.63) is 59.7 Å². The van der Waals surface area contributed by atoms with Gasteiger partial charge in [0.2, 0.25) is 0 Å². The third kappa shape index (κ3) is 8.07. The third-order valence-electron chi connectivity index (χ3n) is 5.70. The van der Waals surface area contributed by atoms with Crippen molar-refractivity contribution in [3.8, 4) is 11.5 Å². The summed E-state index contributed by atoms with van der Waals surface area (Å²) in [5, 5.41) is 23.1. The minimum atomic E-state index is 0.448. The van der Waals surface area contributed by atoms with E-state index in [1.54, 1.807) is 0 Å². The number of phenolic OH excluding ortho intramolecular Hbond substituents is 2. The van der Waals surface area contributed by atoms with Crippen molar-refractivity contribution in [1.82, 2.24) is 0 Å². The van der Waals surface area contributed by atoms with Crippen LogP contribution in [0.25, 0.3) is 0 Å². The maximum absolute atomic E-state index is 10.4. The molecule has 0 heterocycles. The molecule has 0 radical (unpaired) electrons. The number of rotatable bonds is 14. The molecule has 2 aromatic rings. The zero-order valence-electron chi connectivity index (χ0n) is 18.1. The Morgan fingerprint density at radius 2 is 1.07 bits per heavy atom. The van der Waals surface area contributed by atoms with Gasteiger partial charge in [-0.25, -0.2) is 0 Å².